The lowest BCUT2D eigenvalue weighted by atomic mass is 10.1. The van der Waals surface area contributed by atoms with Gasteiger partial charge in [-0.2, -0.15) is 0 Å². The van der Waals surface area contributed by atoms with Gasteiger partial charge >= 0.3 is 5.97 Å². The van der Waals surface area contributed by atoms with E-state index in [2.05, 4.69) is 42.2 Å². The molecule has 2 rings (SSSR count). The Morgan fingerprint density at radius 2 is 2.00 bits per heavy atom. The van der Waals surface area contributed by atoms with Crippen LogP contribution in [0.15, 0.2) is 45.5 Å². The number of benzene rings is 1. The molecule has 1 aromatic heterocycles. The van der Waals surface area contributed by atoms with Gasteiger partial charge in [0.05, 0.1) is 12.8 Å². The first-order chi connectivity index (χ1) is 10.0. The van der Waals surface area contributed by atoms with E-state index in [4.69, 9.17) is 4.74 Å². The van der Waals surface area contributed by atoms with Gasteiger partial charge in [0.15, 0.2) is 6.04 Å². The maximum Gasteiger partial charge on any atom is 0.334 e. The number of carbonyl (C=O) groups is 1. The van der Waals surface area contributed by atoms with Crippen molar-refractivity contribution in [1.82, 2.24) is 4.98 Å². The molecular weight excluding hydrogens is 407 g/mol. The quantitative estimate of drug-likeness (QED) is 0.761. The van der Waals surface area contributed by atoms with Gasteiger partial charge in [0.1, 0.15) is 5.82 Å². The van der Waals surface area contributed by atoms with Crippen LogP contribution in [0.4, 0.5) is 10.1 Å². The number of aromatic nitrogens is 1. The lowest BCUT2D eigenvalue weighted by Crippen LogP contribution is -2.23. The molecule has 1 atom stereocenters. The largest absolute Gasteiger partial charge is 0.467 e. The fraction of sp³-hybridized carbons (Fsp3) is 0.143. The van der Waals surface area contributed by atoms with Crippen LogP contribution >= 0.6 is 31.9 Å². The second-order valence-electron chi connectivity index (χ2n) is 4.13. The topological polar surface area (TPSA) is 51.2 Å². The van der Waals surface area contributed by atoms with Gasteiger partial charge in [0.2, 0.25) is 0 Å². The molecule has 7 heteroatoms. The van der Waals surface area contributed by atoms with Gasteiger partial charge in [0, 0.05) is 20.8 Å². The zero-order chi connectivity index (χ0) is 15.4. The van der Waals surface area contributed by atoms with Crippen molar-refractivity contribution >= 4 is 43.5 Å². The third-order valence-electron chi connectivity index (χ3n) is 2.70. The van der Waals surface area contributed by atoms with E-state index >= 15 is 0 Å². The molecule has 0 saturated heterocycles. The van der Waals surface area contributed by atoms with Crippen LogP contribution in [-0.4, -0.2) is 18.1 Å². The third kappa shape index (κ3) is 4.01. The first-order valence-corrected chi connectivity index (χ1v) is 7.50. The summed E-state index contributed by atoms with van der Waals surface area (Å²) in [6, 6.07) is 6.67. The Labute approximate surface area is 138 Å². The Hall–Kier alpha value is -1.47. The summed E-state index contributed by atoms with van der Waals surface area (Å²) in [6.07, 6.45) is 1.59. The predicted molar refractivity (Wildman–Crippen MR) is 84.4 cm³/mol. The average molecular weight is 418 g/mol. The molecular formula is C14H11Br2FN2O2. The molecule has 0 aliphatic carbocycles. The molecule has 0 bridgehead atoms. The standard InChI is InChI=1S/C14H11Br2FN2O2/c1-21-14(20)13(12-11(16)6-8(15)7-18-12)19-10-4-2-9(17)3-5-10/h2-7,13,19H,1H3. The minimum absolute atomic E-state index is 0.349. The van der Waals surface area contributed by atoms with Crippen LogP contribution in [0, 0.1) is 5.82 Å². The number of esters is 1. The Kier molecular flexibility index (Phi) is 5.30. The summed E-state index contributed by atoms with van der Waals surface area (Å²) in [5.74, 6) is -0.840. The monoisotopic (exact) mass is 416 g/mol. The highest BCUT2D eigenvalue weighted by Crippen LogP contribution is 2.28. The van der Waals surface area contributed by atoms with E-state index in [1.54, 1.807) is 12.3 Å². The second-order valence-corrected chi connectivity index (χ2v) is 5.90. The number of hydrogen-bond donors (Lipinski definition) is 1. The summed E-state index contributed by atoms with van der Waals surface area (Å²) >= 11 is 6.67. The van der Waals surface area contributed by atoms with Crippen LogP contribution in [0.5, 0.6) is 0 Å². The normalized spacial score (nSPS) is 11.8. The molecule has 0 radical (unpaired) electrons. The molecule has 1 heterocycles. The van der Waals surface area contributed by atoms with Gasteiger partial charge in [-0.15, -0.1) is 0 Å². The molecule has 1 aromatic carbocycles. The number of pyridine rings is 1. The van der Waals surface area contributed by atoms with Crippen molar-refractivity contribution in [3.63, 3.8) is 0 Å². The average Bonchev–Trinajstić information content (AvgIpc) is 2.47. The van der Waals surface area contributed by atoms with E-state index in [1.165, 1.54) is 31.4 Å². The molecule has 0 spiro atoms. The first kappa shape index (κ1) is 15.9. The fourth-order valence-electron chi connectivity index (χ4n) is 1.71. The minimum Gasteiger partial charge on any atom is -0.467 e. The molecule has 1 unspecified atom stereocenters. The number of nitrogens with one attached hydrogen (secondary N) is 1. The Bertz CT molecular complexity index is 650. The van der Waals surface area contributed by atoms with Crippen molar-refractivity contribution in [3.8, 4) is 0 Å². The van der Waals surface area contributed by atoms with Crippen LogP contribution in [-0.2, 0) is 9.53 Å². The van der Waals surface area contributed by atoms with Crippen LogP contribution < -0.4 is 5.32 Å². The number of halogens is 3. The van der Waals surface area contributed by atoms with E-state index in [0.29, 0.717) is 15.9 Å². The molecule has 2 aromatic rings. The summed E-state index contributed by atoms with van der Waals surface area (Å²) in [7, 11) is 1.30. The zero-order valence-corrected chi connectivity index (χ0v) is 14.1. The summed E-state index contributed by atoms with van der Waals surface area (Å²) in [6.45, 7) is 0. The second kappa shape index (κ2) is 7.00. The van der Waals surface area contributed by atoms with Gasteiger partial charge in [0.25, 0.3) is 0 Å². The van der Waals surface area contributed by atoms with Crippen molar-refractivity contribution < 1.29 is 13.9 Å². The molecule has 0 amide bonds. The zero-order valence-electron chi connectivity index (χ0n) is 10.9. The molecule has 0 fully saturated rings. The van der Waals surface area contributed by atoms with E-state index in [0.717, 1.165) is 4.47 Å². The van der Waals surface area contributed by atoms with Gasteiger partial charge in [-0.05, 0) is 62.2 Å². The third-order valence-corrected chi connectivity index (χ3v) is 3.77. The predicted octanol–water partition coefficient (Wildman–Crippen LogP) is 4.07. The summed E-state index contributed by atoms with van der Waals surface area (Å²) in [5.41, 5.74) is 1.07. The number of methoxy groups -OCH3 is 1. The molecule has 0 aliphatic heterocycles. The molecule has 0 aliphatic rings. The van der Waals surface area contributed by atoms with Crippen LogP contribution in [0.25, 0.3) is 0 Å². The number of rotatable bonds is 4. The highest BCUT2D eigenvalue weighted by Gasteiger charge is 2.25. The maximum atomic E-state index is 12.9. The van der Waals surface area contributed by atoms with Crippen molar-refractivity contribution in [3.05, 3.63) is 57.0 Å². The maximum absolute atomic E-state index is 12.9. The molecule has 0 saturated carbocycles. The van der Waals surface area contributed by atoms with E-state index < -0.39 is 12.0 Å². The van der Waals surface area contributed by atoms with E-state index in [9.17, 15) is 9.18 Å². The number of carbonyl (C=O) groups excluding carboxylic acids is 1. The van der Waals surface area contributed by atoms with Crippen molar-refractivity contribution in [1.29, 1.82) is 0 Å². The molecule has 1 N–H and O–H groups in total. The van der Waals surface area contributed by atoms with Crippen LogP contribution in [0.1, 0.15) is 11.7 Å². The number of ether oxygens (including phenoxy) is 1. The number of hydrogen-bond acceptors (Lipinski definition) is 4. The highest BCUT2D eigenvalue weighted by atomic mass is 79.9. The Balaban J connectivity index is 2.34. The lowest BCUT2D eigenvalue weighted by molar-refractivity contribution is -0.141. The van der Waals surface area contributed by atoms with Gasteiger partial charge in [-0.1, -0.05) is 0 Å². The minimum atomic E-state index is -0.803. The fourth-order valence-corrected chi connectivity index (χ4v) is 2.92. The van der Waals surface area contributed by atoms with Crippen LogP contribution in [0.3, 0.4) is 0 Å². The molecule has 4 nitrogen and oxygen atoms in total. The van der Waals surface area contributed by atoms with Crippen molar-refractivity contribution in [2.24, 2.45) is 0 Å². The van der Waals surface area contributed by atoms with Crippen LogP contribution in [0.2, 0.25) is 0 Å². The summed E-state index contributed by atoms with van der Waals surface area (Å²) < 4.78 is 19.2. The number of nitrogens with zero attached hydrogens (tertiary/aromatic N) is 1. The van der Waals surface area contributed by atoms with Crippen molar-refractivity contribution in [2.75, 3.05) is 12.4 Å². The smallest absolute Gasteiger partial charge is 0.334 e. The SMILES string of the molecule is COC(=O)C(Nc1ccc(F)cc1)c1ncc(Br)cc1Br. The van der Waals surface area contributed by atoms with E-state index in [-0.39, 0.29) is 5.82 Å². The van der Waals surface area contributed by atoms with Gasteiger partial charge in [-0.25, -0.2) is 9.18 Å². The molecule has 21 heavy (non-hydrogen) atoms. The van der Waals surface area contributed by atoms with Gasteiger partial charge < -0.3 is 10.1 Å². The summed E-state index contributed by atoms with van der Waals surface area (Å²) in [5, 5.41) is 2.98. The first-order valence-electron chi connectivity index (χ1n) is 5.92. The lowest BCUT2D eigenvalue weighted by Gasteiger charge is -2.18. The van der Waals surface area contributed by atoms with Gasteiger partial charge in [-0.3, -0.25) is 4.98 Å². The van der Waals surface area contributed by atoms with Crippen molar-refractivity contribution in [2.45, 2.75) is 6.04 Å². The summed E-state index contributed by atoms with van der Waals surface area (Å²) in [4.78, 5) is 16.2. The Morgan fingerprint density at radius 1 is 1.33 bits per heavy atom. The van der Waals surface area contributed by atoms with E-state index in [1.807, 2.05) is 0 Å². The number of anilines is 1. The highest BCUT2D eigenvalue weighted by molar-refractivity contribution is 9.11. The Morgan fingerprint density at radius 3 is 2.57 bits per heavy atom. The molecule has 110 valence electrons.